The van der Waals surface area contributed by atoms with Gasteiger partial charge in [-0.3, -0.25) is 9.59 Å². The number of hydrogen-bond donors (Lipinski definition) is 3. The number of aromatic nitrogens is 3. The first-order chi connectivity index (χ1) is 27.3. The minimum atomic E-state index is -1.08. The fourth-order valence-electron chi connectivity index (χ4n) is 5.85. The molecule has 0 aliphatic rings. The molecule has 1 atom stereocenters. The fraction of sp³-hybridized carbons (Fsp3) is 0.302. The lowest BCUT2D eigenvalue weighted by Gasteiger charge is -2.36. The zero-order chi connectivity index (χ0) is 39.6. The zero-order valence-corrected chi connectivity index (χ0v) is 32.0. The van der Waals surface area contributed by atoms with Crippen LogP contribution in [0.3, 0.4) is 0 Å². The van der Waals surface area contributed by atoms with Crippen LogP contribution in [0.5, 0.6) is 5.75 Å². The van der Waals surface area contributed by atoms with Crippen LogP contribution in [0.15, 0.2) is 103 Å². The number of terminal acetylenes is 1. The summed E-state index contributed by atoms with van der Waals surface area (Å²) >= 11 is 0. The molecule has 292 valence electrons. The highest BCUT2D eigenvalue weighted by molar-refractivity contribution is 6.06. The Morgan fingerprint density at radius 2 is 1.34 bits per heavy atom. The van der Waals surface area contributed by atoms with Crippen molar-refractivity contribution in [3.8, 4) is 18.1 Å². The van der Waals surface area contributed by atoms with Gasteiger partial charge in [-0.25, -0.2) is 4.68 Å². The molecular weight excluding hydrogens is 713 g/mol. The Morgan fingerprint density at radius 3 is 1.95 bits per heavy atom. The molecule has 0 bridgehead atoms. The second kappa shape index (κ2) is 21.2. The Hall–Kier alpha value is -6.04. The van der Waals surface area contributed by atoms with Crippen LogP contribution in [0.25, 0.3) is 0 Å². The molecule has 0 spiro atoms. The van der Waals surface area contributed by atoms with Crippen molar-refractivity contribution in [1.29, 1.82) is 0 Å². The number of nitrogens with zero attached hydrogens (tertiary/aromatic N) is 3. The number of carbonyl (C=O) groups is 2. The molecule has 0 radical (unpaired) electrons. The zero-order valence-electron chi connectivity index (χ0n) is 32.0. The third-order valence-electron chi connectivity index (χ3n) is 8.66. The van der Waals surface area contributed by atoms with E-state index >= 15 is 0 Å². The van der Waals surface area contributed by atoms with Gasteiger partial charge in [0, 0.05) is 18.2 Å². The minimum absolute atomic E-state index is 0.191. The van der Waals surface area contributed by atoms with Gasteiger partial charge >= 0.3 is 0 Å². The second-order valence-electron chi connectivity index (χ2n) is 12.7. The Bertz CT molecular complexity index is 2030. The number of rotatable bonds is 22. The summed E-state index contributed by atoms with van der Waals surface area (Å²) in [5.74, 6) is 2.61. The summed E-state index contributed by atoms with van der Waals surface area (Å²) in [4.78, 5) is 25.0. The molecule has 1 unspecified atom stereocenters. The molecule has 1 heterocycles. The molecule has 0 saturated heterocycles. The Kier molecular flexibility index (Phi) is 15.5. The number of anilines is 3. The number of aryl methyl sites for hydroxylation is 1. The average Bonchev–Trinajstić information content (AvgIpc) is 3.69. The number of ether oxygens (including phenoxy) is 5. The van der Waals surface area contributed by atoms with E-state index in [2.05, 4.69) is 51.3 Å². The van der Waals surface area contributed by atoms with Crippen molar-refractivity contribution in [2.75, 3.05) is 75.9 Å². The van der Waals surface area contributed by atoms with Gasteiger partial charge in [0.25, 0.3) is 5.91 Å². The van der Waals surface area contributed by atoms with Gasteiger partial charge in [0.1, 0.15) is 23.6 Å². The van der Waals surface area contributed by atoms with Crippen LogP contribution >= 0.6 is 0 Å². The normalized spacial score (nSPS) is 12.0. The lowest BCUT2D eigenvalue weighted by molar-refractivity contribution is -0.114. The Labute approximate surface area is 327 Å². The van der Waals surface area contributed by atoms with Crippen LogP contribution in [-0.2, 0) is 35.8 Å². The lowest BCUT2D eigenvalue weighted by atomic mass is 9.79. The third-order valence-corrected chi connectivity index (χ3v) is 8.66. The van der Waals surface area contributed by atoms with E-state index in [0.717, 1.165) is 16.7 Å². The van der Waals surface area contributed by atoms with Gasteiger partial charge in [-0.05, 0) is 66.6 Å². The third kappa shape index (κ3) is 11.5. The van der Waals surface area contributed by atoms with E-state index in [-0.39, 0.29) is 18.4 Å². The standard InChI is InChI=1S/C43H48N6O7/c1-5-23-53-25-27-55-29-30-56-28-26-54-24-22-49-31-41(47-48-49)43(35-14-10-32(2)11-15-35,36-16-20-38(52-4)21-17-36)46-40-9-7-6-8-39(40)45-42(51)34-12-18-37(19-13-34)44-33(3)50/h1,6-21,31,46H,22-30H2,2-4H3,(H,44,50)(H,45,51). The Balaban J connectivity index is 1.36. The molecule has 13 nitrogen and oxygen atoms in total. The summed E-state index contributed by atoms with van der Waals surface area (Å²) in [5.41, 5.74) is 4.62. The van der Waals surface area contributed by atoms with Crippen LogP contribution in [0.1, 0.15) is 39.7 Å². The van der Waals surface area contributed by atoms with Crippen molar-refractivity contribution < 1.29 is 33.3 Å². The number of nitrogens with one attached hydrogen (secondary N) is 3. The summed E-state index contributed by atoms with van der Waals surface area (Å²) < 4.78 is 29.3. The summed E-state index contributed by atoms with van der Waals surface area (Å²) in [5, 5.41) is 18.8. The maximum atomic E-state index is 13.6. The highest BCUT2D eigenvalue weighted by atomic mass is 16.6. The maximum absolute atomic E-state index is 13.6. The van der Waals surface area contributed by atoms with E-state index in [0.29, 0.717) is 86.9 Å². The predicted molar refractivity (Wildman–Crippen MR) is 215 cm³/mol. The van der Waals surface area contributed by atoms with Crippen LogP contribution in [0, 0.1) is 19.3 Å². The van der Waals surface area contributed by atoms with Gasteiger partial charge < -0.3 is 39.6 Å². The topological polar surface area (TPSA) is 147 Å². The molecule has 3 N–H and O–H groups in total. The first-order valence-electron chi connectivity index (χ1n) is 18.3. The number of amides is 2. The monoisotopic (exact) mass is 760 g/mol. The summed E-state index contributed by atoms with van der Waals surface area (Å²) in [7, 11) is 1.63. The van der Waals surface area contributed by atoms with Crippen LogP contribution in [-0.4, -0.2) is 86.8 Å². The van der Waals surface area contributed by atoms with Crippen LogP contribution < -0.4 is 20.7 Å². The number of para-hydroxylation sites is 2. The molecule has 1 aromatic heterocycles. The highest BCUT2D eigenvalue weighted by Gasteiger charge is 2.40. The summed E-state index contributed by atoms with van der Waals surface area (Å²) in [6, 6.07) is 30.2. The van der Waals surface area contributed by atoms with Gasteiger partial charge in [0.2, 0.25) is 5.91 Å². The lowest BCUT2D eigenvalue weighted by Crippen LogP contribution is -2.39. The minimum Gasteiger partial charge on any atom is -0.497 e. The molecular formula is C43H48N6O7. The second-order valence-corrected chi connectivity index (χ2v) is 12.7. The number of benzene rings is 4. The molecule has 56 heavy (non-hydrogen) atoms. The van der Waals surface area contributed by atoms with Crippen molar-refractivity contribution in [3.63, 3.8) is 0 Å². The van der Waals surface area contributed by atoms with E-state index in [1.54, 1.807) is 36.1 Å². The fourth-order valence-corrected chi connectivity index (χ4v) is 5.85. The van der Waals surface area contributed by atoms with Crippen molar-refractivity contribution in [1.82, 2.24) is 15.0 Å². The SMILES string of the molecule is C#CCOCCOCCOCCOCCn1cc(C(Nc2ccccc2NC(=O)c2ccc(NC(C)=O)cc2)(c2ccc(C)cc2)c2ccc(OC)cc2)nn1. The van der Waals surface area contributed by atoms with Gasteiger partial charge in [-0.2, -0.15) is 0 Å². The van der Waals surface area contributed by atoms with Crippen LogP contribution in [0.2, 0.25) is 0 Å². The van der Waals surface area contributed by atoms with Gasteiger partial charge in [-0.15, -0.1) is 11.5 Å². The van der Waals surface area contributed by atoms with Gasteiger partial charge in [-0.1, -0.05) is 65.2 Å². The van der Waals surface area contributed by atoms with E-state index in [1.807, 2.05) is 61.7 Å². The van der Waals surface area contributed by atoms with E-state index in [4.69, 9.17) is 35.2 Å². The Morgan fingerprint density at radius 1 is 0.750 bits per heavy atom. The highest BCUT2D eigenvalue weighted by Crippen LogP contribution is 2.41. The summed E-state index contributed by atoms with van der Waals surface area (Å²) in [6.45, 7) is 7.24. The van der Waals surface area contributed by atoms with Crippen molar-refractivity contribution >= 4 is 28.9 Å². The van der Waals surface area contributed by atoms with E-state index in [9.17, 15) is 9.59 Å². The average molecular weight is 761 g/mol. The quantitative estimate of drug-likeness (QED) is 0.0575. The van der Waals surface area contributed by atoms with E-state index in [1.165, 1.54) is 6.92 Å². The molecule has 0 saturated carbocycles. The first-order valence-corrected chi connectivity index (χ1v) is 18.3. The van der Waals surface area contributed by atoms with Gasteiger partial charge in [0.05, 0.1) is 77.5 Å². The maximum Gasteiger partial charge on any atom is 0.255 e. The van der Waals surface area contributed by atoms with Crippen molar-refractivity contribution in [2.24, 2.45) is 0 Å². The largest absolute Gasteiger partial charge is 0.497 e. The number of carbonyl (C=O) groups excluding carboxylic acids is 2. The molecule has 2 amide bonds. The first kappa shape index (κ1) is 41.1. The number of hydrogen-bond acceptors (Lipinski definition) is 10. The van der Waals surface area contributed by atoms with Crippen molar-refractivity contribution in [3.05, 3.63) is 131 Å². The predicted octanol–water partition coefficient (Wildman–Crippen LogP) is 5.91. The molecule has 4 aromatic carbocycles. The van der Waals surface area contributed by atoms with Gasteiger partial charge in [0.15, 0.2) is 0 Å². The molecule has 5 rings (SSSR count). The molecule has 0 aliphatic heterocycles. The molecule has 0 fully saturated rings. The van der Waals surface area contributed by atoms with E-state index < -0.39 is 5.54 Å². The summed E-state index contributed by atoms with van der Waals surface area (Å²) in [6.07, 6.45) is 7.06. The molecule has 0 aliphatic carbocycles. The molecule has 5 aromatic rings. The molecule has 13 heteroatoms. The smallest absolute Gasteiger partial charge is 0.255 e. The van der Waals surface area contributed by atoms with Crippen LogP contribution in [0.4, 0.5) is 17.1 Å². The number of methoxy groups -OCH3 is 1. The van der Waals surface area contributed by atoms with Crippen molar-refractivity contribution in [2.45, 2.75) is 25.9 Å².